The minimum atomic E-state index is -0.950. The maximum absolute atomic E-state index is 11.2. The van der Waals surface area contributed by atoms with Gasteiger partial charge in [-0.3, -0.25) is 0 Å². The molecule has 0 aliphatic carbocycles. The number of hydrogen-bond donors (Lipinski definition) is 0. The summed E-state index contributed by atoms with van der Waals surface area (Å²) in [7, 11) is 0. The minimum Gasteiger partial charge on any atom is -0.459 e. The van der Waals surface area contributed by atoms with Gasteiger partial charge in [0.2, 0.25) is 0 Å². The summed E-state index contributed by atoms with van der Waals surface area (Å²) in [6, 6.07) is 0. The zero-order valence-corrected chi connectivity index (χ0v) is 9.19. The second-order valence-corrected chi connectivity index (χ2v) is 2.64. The fraction of sp³-hybridized carbons (Fsp3) is 0.600. The van der Waals surface area contributed by atoms with E-state index in [9.17, 15) is 9.59 Å². The average Bonchev–Trinajstić information content (AvgIpc) is 2.18. The molecule has 0 amide bonds. The van der Waals surface area contributed by atoms with E-state index in [2.05, 4.69) is 9.47 Å². The molecule has 0 aromatic heterocycles. The Kier molecular flexibility index (Phi) is 7.05. The predicted molar refractivity (Wildman–Crippen MR) is 53.3 cm³/mol. The van der Waals surface area contributed by atoms with Crippen LogP contribution in [-0.4, -0.2) is 31.4 Å². The molecule has 0 aliphatic heterocycles. The molecule has 1 atom stereocenters. The van der Waals surface area contributed by atoms with Gasteiger partial charge < -0.3 is 14.2 Å². The number of allylic oxidation sites excluding steroid dienone is 1. The van der Waals surface area contributed by atoms with Gasteiger partial charge in [0.25, 0.3) is 0 Å². The molecule has 0 bridgehead atoms. The van der Waals surface area contributed by atoms with Gasteiger partial charge in [-0.15, -0.1) is 0 Å². The lowest BCUT2D eigenvalue weighted by Gasteiger charge is -2.11. The van der Waals surface area contributed by atoms with E-state index in [1.54, 1.807) is 19.1 Å². The number of rotatable bonds is 5. The monoisotopic (exact) mass is 216 g/mol. The lowest BCUT2D eigenvalue weighted by Crippen LogP contribution is -2.26. The molecule has 0 saturated heterocycles. The van der Waals surface area contributed by atoms with Crippen molar-refractivity contribution in [3.63, 3.8) is 0 Å². The van der Waals surface area contributed by atoms with Gasteiger partial charge in [0.05, 0.1) is 6.61 Å². The van der Waals surface area contributed by atoms with Crippen LogP contribution in [0.1, 0.15) is 20.8 Å². The molecule has 5 nitrogen and oxygen atoms in total. The van der Waals surface area contributed by atoms with E-state index in [1.165, 1.54) is 6.92 Å². The van der Waals surface area contributed by atoms with Crippen LogP contribution in [0.25, 0.3) is 0 Å². The molecule has 0 rings (SSSR count). The van der Waals surface area contributed by atoms with E-state index >= 15 is 0 Å². The van der Waals surface area contributed by atoms with Gasteiger partial charge in [0.15, 0.2) is 6.10 Å². The summed E-state index contributed by atoms with van der Waals surface area (Å²) in [6.07, 6.45) is 1.61. The Morgan fingerprint density at radius 3 is 2.53 bits per heavy atom. The Hall–Kier alpha value is -1.52. The first-order valence-corrected chi connectivity index (χ1v) is 4.73. The first-order chi connectivity index (χ1) is 7.11. The lowest BCUT2D eigenvalue weighted by molar-refractivity contribution is -0.152. The Morgan fingerprint density at radius 1 is 1.33 bits per heavy atom. The predicted octanol–water partition coefficient (Wildman–Crippen LogP) is 1.67. The molecule has 0 N–H and O–H groups in total. The number of ether oxygens (including phenoxy) is 3. The molecular formula is C10H16O5. The largest absolute Gasteiger partial charge is 0.509 e. The van der Waals surface area contributed by atoms with Gasteiger partial charge in [-0.05, 0) is 20.8 Å². The zero-order valence-electron chi connectivity index (χ0n) is 9.19. The Bertz CT molecular complexity index is 234. The molecule has 0 aromatic rings. The topological polar surface area (TPSA) is 61.8 Å². The maximum atomic E-state index is 11.2. The average molecular weight is 216 g/mol. The molecular weight excluding hydrogens is 200 g/mol. The molecule has 86 valence electrons. The number of hydrogen-bond acceptors (Lipinski definition) is 5. The molecule has 0 aromatic carbocycles. The Balaban J connectivity index is 3.82. The smallest absolute Gasteiger partial charge is 0.459 e. The van der Waals surface area contributed by atoms with E-state index in [1.807, 2.05) is 6.92 Å². The number of carbonyl (C=O) groups is 2. The molecule has 15 heavy (non-hydrogen) atoms. The van der Waals surface area contributed by atoms with Crippen LogP contribution in [0.5, 0.6) is 0 Å². The summed E-state index contributed by atoms with van der Waals surface area (Å²) in [5, 5.41) is 0. The summed E-state index contributed by atoms with van der Waals surface area (Å²) in [6.45, 7) is 5.27. The van der Waals surface area contributed by atoms with Crippen LogP contribution in [0.15, 0.2) is 12.2 Å². The van der Waals surface area contributed by atoms with Crippen LogP contribution >= 0.6 is 0 Å². The molecule has 0 heterocycles. The van der Waals surface area contributed by atoms with Crippen LogP contribution in [-0.2, 0) is 19.0 Å². The number of carbonyl (C=O) groups excluding carboxylic acids is 2. The SMILES string of the molecule is CC=CCOC(=O)C(C)OC(=O)OCC. The second-order valence-electron chi connectivity index (χ2n) is 2.64. The van der Waals surface area contributed by atoms with Crippen LogP contribution in [0.3, 0.4) is 0 Å². The molecule has 1 unspecified atom stereocenters. The normalized spacial score (nSPS) is 12.2. The van der Waals surface area contributed by atoms with Crippen molar-refractivity contribution in [1.29, 1.82) is 0 Å². The molecule has 5 heteroatoms. The zero-order chi connectivity index (χ0) is 11.7. The van der Waals surface area contributed by atoms with Crippen molar-refractivity contribution >= 4 is 12.1 Å². The third-order valence-electron chi connectivity index (χ3n) is 1.42. The van der Waals surface area contributed by atoms with Gasteiger partial charge in [-0.25, -0.2) is 9.59 Å². The lowest BCUT2D eigenvalue weighted by atomic mass is 10.4. The van der Waals surface area contributed by atoms with E-state index < -0.39 is 18.2 Å². The van der Waals surface area contributed by atoms with Gasteiger partial charge in [0, 0.05) is 0 Å². The Morgan fingerprint density at radius 2 is 2.00 bits per heavy atom. The van der Waals surface area contributed by atoms with Crippen molar-refractivity contribution < 1.29 is 23.8 Å². The first-order valence-electron chi connectivity index (χ1n) is 4.73. The summed E-state index contributed by atoms with van der Waals surface area (Å²) >= 11 is 0. The summed E-state index contributed by atoms with van der Waals surface area (Å²) in [4.78, 5) is 22.0. The van der Waals surface area contributed by atoms with Crippen molar-refractivity contribution in [2.75, 3.05) is 13.2 Å². The van der Waals surface area contributed by atoms with Crippen LogP contribution in [0, 0.1) is 0 Å². The quantitative estimate of drug-likeness (QED) is 0.516. The van der Waals surface area contributed by atoms with E-state index in [0.717, 1.165) is 0 Å². The van der Waals surface area contributed by atoms with E-state index in [0.29, 0.717) is 0 Å². The molecule has 0 fully saturated rings. The van der Waals surface area contributed by atoms with Crippen molar-refractivity contribution in [2.45, 2.75) is 26.9 Å². The number of esters is 1. The molecule has 0 spiro atoms. The third-order valence-corrected chi connectivity index (χ3v) is 1.42. The van der Waals surface area contributed by atoms with Crippen LogP contribution in [0.4, 0.5) is 4.79 Å². The van der Waals surface area contributed by atoms with Crippen molar-refractivity contribution in [3.05, 3.63) is 12.2 Å². The molecule has 0 aliphatic rings. The fourth-order valence-corrected chi connectivity index (χ4v) is 0.688. The van der Waals surface area contributed by atoms with Crippen LogP contribution < -0.4 is 0 Å². The summed E-state index contributed by atoms with van der Waals surface area (Å²) in [5.41, 5.74) is 0. The van der Waals surface area contributed by atoms with E-state index in [4.69, 9.17) is 4.74 Å². The van der Waals surface area contributed by atoms with Gasteiger partial charge in [-0.2, -0.15) is 0 Å². The highest BCUT2D eigenvalue weighted by Crippen LogP contribution is 1.97. The van der Waals surface area contributed by atoms with Crippen molar-refractivity contribution in [1.82, 2.24) is 0 Å². The molecule has 0 radical (unpaired) electrons. The maximum Gasteiger partial charge on any atom is 0.509 e. The highest BCUT2D eigenvalue weighted by Gasteiger charge is 2.19. The second kappa shape index (κ2) is 7.84. The van der Waals surface area contributed by atoms with Crippen molar-refractivity contribution in [3.8, 4) is 0 Å². The summed E-state index contributed by atoms with van der Waals surface area (Å²) in [5.74, 6) is -0.596. The summed E-state index contributed by atoms with van der Waals surface area (Å²) < 4.78 is 13.9. The van der Waals surface area contributed by atoms with E-state index in [-0.39, 0.29) is 13.2 Å². The van der Waals surface area contributed by atoms with Gasteiger partial charge in [-0.1, -0.05) is 12.2 Å². The standard InChI is InChI=1S/C10H16O5/c1-4-6-7-14-9(11)8(3)15-10(12)13-5-2/h4,6,8H,5,7H2,1-3H3. The molecule has 0 saturated carbocycles. The first kappa shape index (κ1) is 13.5. The Labute approximate surface area is 89.0 Å². The van der Waals surface area contributed by atoms with Gasteiger partial charge in [0.1, 0.15) is 6.61 Å². The van der Waals surface area contributed by atoms with Crippen molar-refractivity contribution in [2.24, 2.45) is 0 Å². The highest BCUT2D eigenvalue weighted by atomic mass is 16.7. The third kappa shape index (κ3) is 6.54. The highest BCUT2D eigenvalue weighted by molar-refractivity contribution is 5.77. The van der Waals surface area contributed by atoms with Crippen LogP contribution in [0.2, 0.25) is 0 Å². The minimum absolute atomic E-state index is 0.172. The fourth-order valence-electron chi connectivity index (χ4n) is 0.688. The van der Waals surface area contributed by atoms with Gasteiger partial charge >= 0.3 is 12.1 Å².